The van der Waals surface area contributed by atoms with E-state index in [9.17, 15) is 8.78 Å². The lowest BCUT2D eigenvalue weighted by molar-refractivity contribution is 0.0794. The first-order valence-corrected chi connectivity index (χ1v) is 4.70. The monoisotopic (exact) mass is 215 g/mol. The highest BCUT2D eigenvalue weighted by Gasteiger charge is 2.27. The Hall–Kier alpha value is -1.46. The fraction of sp³-hybridized carbons (Fsp3) is 0.556. The molecule has 15 heavy (non-hydrogen) atoms. The number of hydrogen-bond donors (Lipinski definition) is 1. The summed E-state index contributed by atoms with van der Waals surface area (Å²) in [5, 5.41) is 0. The molecule has 1 aromatic heterocycles. The zero-order valence-corrected chi connectivity index (χ0v) is 7.99. The summed E-state index contributed by atoms with van der Waals surface area (Å²) in [5.74, 6) is 1.31. The van der Waals surface area contributed by atoms with Crippen molar-refractivity contribution in [1.29, 1.82) is 0 Å². The summed E-state index contributed by atoms with van der Waals surface area (Å²) in [4.78, 5) is 8.04. The van der Waals surface area contributed by atoms with Crippen LogP contribution in [0.5, 0.6) is 5.88 Å². The number of aromatic nitrogens is 2. The molecule has 1 aliphatic carbocycles. The number of nitrogen functional groups attached to an aromatic ring is 1. The van der Waals surface area contributed by atoms with Gasteiger partial charge < -0.3 is 10.5 Å². The van der Waals surface area contributed by atoms with Crippen molar-refractivity contribution in [2.24, 2.45) is 0 Å². The van der Waals surface area contributed by atoms with Gasteiger partial charge in [-0.25, -0.2) is 13.8 Å². The number of ether oxygens (including phenoxy) is 1. The Bertz CT molecular complexity index is 355. The van der Waals surface area contributed by atoms with Gasteiger partial charge in [0.2, 0.25) is 5.88 Å². The molecule has 0 radical (unpaired) electrons. The first-order chi connectivity index (χ1) is 7.15. The minimum atomic E-state index is -2.51. The van der Waals surface area contributed by atoms with Gasteiger partial charge in [0.25, 0.3) is 6.43 Å². The van der Waals surface area contributed by atoms with Gasteiger partial charge in [-0.05, 0) is 12.8 Å². The second-order valence-corrected chi connectivity index (χ2v) is 3.47. The van der Waals surface area contributed by atoms with Crippen LogP contribution in [0.3, 0.4) is 0 Å². The third-order valence-electron chi connectivity index (χ3n) is 2.04. The second-order valence-electron chi connectivity index (χ2n) is 3.47. The second kappa shape index (κ2) is 3.96. The number of rotatable bonds is 4. The summed E-state index contributed by atoms with van der Waals surface area (Å²) < 4.78 is 28.6. The van der Waals surface area contributed by atoms with E-state index in [1.54, 1.807) is 0 Å². The molecule has 1 heterocycles. The van der Waals surface area contributed by atoms with Gasteiger partial charge in [-0.2, -0.15) is 4.98 Å². The zero-order valence-electron chi connectivity index (χ0n) is 7.99. The maximum atomic E-state index is 11.9. The van der Waals surface area contributed by atoms with Crippen LogP contribution < -0.4 is 10.5 Å². The lowest BCUT2D eigenvalue weighted by atomic mass is 10.4. The predicted molar refractivity (Wildman–Crippen MR) is 49.9 cm³/mol. The summed E-state index contributed by atoms with van der Waals surface area (Å²) in [7, 11) is 0. The predicted octanol–water partition coefficient (Wildman–Crippen LogP) is 1.58. The van der Waals surface area contributed by atoms with Crippen LogP contribution in [0.4, 0.5) is 14.6 Å². The number of nitrogens with zero attached hydrogens (tertiary/aromatic N) is 2. The van der Waals surface area contributed by atoms with Crippen molar-refractivity contribution in [2.45, 2.75) is 25.2 Å². The highest BCUT2D eigenvalue weighted by atomic mass is 19.3. The standard InChI is InChI=1S/C9H11F2N3O/c10-6(11)4-15-8-3-7(12)13-9(14-8)5-1-2-5/h3,5-6H,1-2,4H2,(H2,12,13,14). The van der Waals surface area contributed by atoms with Gasteiger partial charge in [0.15, 0.2) is 6.61 Å². The average molecular weight is 215 g/mol. The molecule has 1 aliphatic rings. The van der Waals surface area contributed by atoms with Gasteiger partial charge in [0.1, 0.15) is 11.6 Å². The van der Waals surface area contributed by atoms with Crippen molar-refractivity contribution in [1.82, 2.24) is 9.97 Å². The van der Waals surface area contributed by atoms with Crippen LogP contribution in [-0.2, 0) is 0 Å². The zero-order chi connectivity index (χ0) is 10.8. The van der Waals surface area contributed by atoms with Crippen molar-refractivity contribution in [3.8, 4) is 5.88 Å². The Morgan fingerprint density at radius 3 is 2.80 bits per heavy atom. The van der Waals surface area contributed by atoms with E-state index in [1.165, 1.54) is 6.07 Å². The van der Waals surface area contributed by atoms with Crippen LogP contribution >= 0.6 is 0 Å². The van der Waals surface area contributed by atoms with E-state index in [1.807, 2.05) is 0 Å². The first-order valence-electron chi connectivity index (χ1n) is 4.70. The molecule has 0 amide bonds. The van der Waals surface area contributed by atoms with Crippen LogP contribution in [0.2, 0.25) is 0 Å². The van der Waals surface area contributed by atoms with Crippen LogP contribution in [0.1, 0.15) is 24.6 Å². The molecule has 1 fully saturated rings. The Kier molecular flexibility index (Phi) is 2.66. The summed E-state index contributed by atoms with van der Waals surface area (Å²) in [6, 6.07) is 1.36. The van der Waals surface area contributed by atoms with Gasteiger partial charge >= 0.3 is 0 Å². The van der Waals surface area contributed by atoms with E-state index in [0.29, 0.717) is 11.7 Å². The molecule has 1 aromatic rings. The van der Waals surface area contributed by atoms with Crippen LogP contribution in [0, 0.1) is 0 Å². The van der Waals surface area contributed by atoms with Gasteiger partial charge in [0, 0.05) is 12.0 Å². The molecule has 0 atom stereocenters. The quantitative estimate of drug-likeness (QED) is 0.828. The van der Waals surface area contributed by atoms with Crippen LogP contribution in [0.25, 0.3) is 0 Å². The molecule has 82 valence electrons. The molecule has 0 saturated heterocycles. The molecule has 0 aliphatic heterocycles. The molecule has 0 bridgehead atoms. The summed E-state index contributed by atoms with van der Waals surface area (Å²) in [6.45, 7) is -0.666. The van der Waals surface area contributed by atoms with E-state index in [2.05, 4.69) is 9.97 Å². The Labute approximate surface area is 85.5 Å². The maximum absolute atomic E-state index is 11.9. The fourth-order valence-electron chi connectivity index (χ4n) is 1.21. The topological polar surface area (TPSA) is 61.0 Å². The number of anilines is 1. The largest absolute Gasteiger partial charge is 0.471 e. The maximum Gasteiger partial charge on any atom is 0.272 e. The molecule has 4 nitrogen and oxygen atoms in total. The van der Waals surface area contributed by atoms with Crippen molar-refractivity contribution in [3.05, 3.63) is 11.9 Å². The van der Waals surface area contributed by atoms with Crippen molar-refractivity contribution >= 4 is 5.82 Å². The summed E-state index contributed by atoms with van der Waals surface area (Å²) in [6.07, 6.45) is -0.458. The number of alkyl halides is 2. The molecule has 2 rings (SSSR count). The smallest absolute Gasteiger partial charge is 0.272 e. The molecule has 0 spiro atoms. The third-order valence-corrected chi connectivity index (χ3v) is 2.04. The average Bonchev–Trinajstić information content (AvgIpc) is 2.97. The number of nitrogens with two attached hydrogens (primary N) is 1. The van der Waals surface area contributed by atoms with Crippen LogP contribution in [0.15, 0.2) is 6.07 Å². The van der Waals surface area contributed by atoms with E-state index in [-0.39, 0.29) is 11.7 Å². The Morgan fingerprint density at radius 2 is 2.20 bits per heavy atom. The normalized spacial score (nSPS) is 15.7. The van der Waals surface area contributed by atoms with E-state index in [4.69, 9.17) is 10.5 Å². The van der Waals surface area contributed by atoms with Crippen molar-refractivity contribution in [3.63, 3.8) is 0 Å². The molecular weight excluding hydrogens is 204 g/mol. The molecular formula is C9H11F2N3O. The summed E-state index contributed by atoms with van der Waals surface area (Å²) >= 11 is 0. The molecule has 0 aromatic carbocycles. The van der Waals surface area contributed by atoms with Gasteiger partial charge in [-0.1, -0.05) is 0 Å². The van der Waals surface area contributed by atoms with E-state index in [0.717, 1.165) is 12.8 Å². The summed E-state index contributed by atoms with van der Waals surface area (Å²) in [5.41, 5.74) is 5.51. The number of hydrogen-bond acceptors (Lipinski definition) is 4. The lowest BCUT2D eigenvalue weighted by Crippen LogP contribution is -2.09. The minimum Gasteiger partial charge on any atom is -0.471 e. The third kappa shape index (κ3) is 2.74. The first kappa shape index (κ1) is 10.1. The van der Waals surface area contributed by atoms with E-state index >= 15 is 0 Å². The lowest BCUT2D eigenvalue weighted by Gasteiger charge is -2.06. The Morgan fingerprint density at radius 1 is 1.47 bits per heavy atom. The molecule has 6 heteroatoms. The molecule has 0 unspecified atom stereocenters. The molecule has 2 N–H and O–H groups in total. The number of halogens is 2. The van der Waals surface area contributed by atoms with E-state index < -0.39 is 13.0 Å². The van der Waals surface area contributed by atoms with Gasteiger partial charge in [0.05, 0.1) is 0 Å². The minimum absolute atomic E-state index is 0.129. The molecule has 1 saturated carbocycles. The van der Waals surface area contributed by atoms with Gasteiger partial charge in [-0.15, -0.1) is 0 Å². The van der Waals surface area contributed by atoms with Gasteiger partial charge in [-0.3, -0.25) is 0 Å². The SMILES string of the molecule is Nc1cc(OCC(F)F)nc(C2CC2)n1. The fourth-order valence-corrected chi connectivity index (χ4v) is 1.21. The van der Waals surface area contributed by atoms with Crippen LogP contribution in [-0.4, -0.2) is 23.0 Å². The van der Waals surface area contributed by atoms with Crippen molar-refractivity contribution in [2.75, 3.05) is 12.3 Å². The highest BCUT2D eigenvalue weighted by Crippen LogP contribution is 2.38. The Balaban J connectivity index is 2.09. The van der Waals surface area contributed by atoms with Crippen molar-refractivity contribution < 1.29 is 13.5 Å². The highest BCUT2D eigenvalue weighted by molar-refractivity contribution is 5.34.